The maximum absolute atomic E-state index is 12.5. The molecule has 1 N–H and O–H groups in total. The second-order valence-electron chi connectivity index (χ2n) is 6.50. The van der Waals surface area contributed by atoms with E-state index in [2.05, 4.69) is 10.3 Å². The Morgan fingerprint density at radius 1 is 1.15 bits per heavy atom. The van der Waals surface area contributed by atoms with Crippen LogP contribution in [0.1, 0.15) is 35.7 Å². The van der Waals surface area contributed by atoms with Crippen LogP contribution in [0.15, 0.2) is 36.5 Å². The van der Waals surface area contributed by atoms with Crippen LogP contribution in [0.3, 0.4) is 0 Å². The van der Waals surface area contributed by atoms with Gasteiger partial charge in [0.1, 0.15) is 11.6 Å². The number of halogens is 2. The smallest absolute Gasteiger partial charge is 0.229 e. The van der Waals surface area contributed by atoms with Crippen LogP contribution in [0.2, 0.25) is 10.0 Å². The molecule has 27 heavy (non-hydrogen) atoms. The Kier molecular flexibility index (Phi) is 5.92. The quantitative estimate of drug-likeness (QED) is 0.695. The van der Waals surface area contributed by atoms with E-state index in [1.165, 1.54) is 6.20 Å². The first kappa shape index (κ1) is 19.5. The minimum Gasteiger partial charge on any atom is -0.310 e. The molecule has 1 aliphatic rings. The molecule has 5 nitrogen and oxygen atoms in total. The zero-order valence-electron chi connectivity index (χ0n) is 14.7. The number of benzene rings is 1. The van der Waals surface area contributed by atoms with E-state index >= 15 is 0 Å². The van der Waals surface area contributed by atoms with Gasteiger partial charge in [-0.2, -0.15) is 0 Å². The van der Waals surface area contributed by atoms with Crippen molar-refractivity contribution < 1.29 is 14.4 Å². The first-order valence-corrected chi connectivity index (χ1v) is 9.42. The number of rotatable bonds is 7. The molecule has 1 saturated carbocycles. The number of hydrogen-bond acceptors (Lipinski definition) is 4. The van der Waals surface area contributed by atoms with Crippen molar-refractivity contribution in [2.24, 2.45) is 11.8 Å². The monoisotopic (exact) mass is 404 g/mol. The van der Waals surface area contributed by atoms with Crippen LogP contribution in [0.5, 0.6) is 0 Å². The lowest BCUT2D eigenvalue weighted by Crippen LogP contribution is -2.17. The molecule has 0 spiro atoms. The van der Waals surface area contributed by atoms with Crippen molar-refractivity contribution in [1.29, 1.82) is 0 Å². The molecule has 0 radical (unpaired) electrons. The van der Waals surface area contributed by atoms with Crippen molar-refractivity contribution in [3.63, 3.8) is 0 Å². The standard InChI is InChI=1S/C20H18Cl2N2O3/c1-2-16(25)12-10-13(12)20(27)24-18-9-11(6-7-23-18)8-17(26)19-14(21)4-3-5-15(19)22/h3-7,9,12-13H,2,8,10H2,1H3,(H,23,24,27)/t12-,13+/m1/s1. The molecule has 0 saturated heterocycles. The highest BCUT2D eigenvalue weighted by Crippen LogP contribution is 2.40. The van der Waals surface area contributed by atoms with E-state index in [0.717, 1.165) is 0 Å². The van der Waals surface area contributed by atoms with E-state index in [0.29, 0.717) is 34.3 Å². The molecule has 3 rings (SSSR count). The summed E-state index contributed by atoms with van der Waals surface area (Å²) in [4.78, 5) is 40.6. The summed E-state index contributed by atoms with van der Waals surface area (Å²) >= 11 is 12.2. The van der Waals surface area contributed by atoms with E-state index < -0.39 is 0 Å². The number of pyridine rings is 1. The van der Waals surface area contributed by atoms with Crippen molar-refractivity contribution in [1.82, 2.24) is 4.98 Å². The van der Waals surface area contributed by atoms with Gasteiger partial charge in [-0.15, -0.1) is 0 Å². The number of hydrogen-bond donors (Lipinski definition) is 1. The first-order valence-electron chi connectivity index (χ1n) is 8.66. The average Bonchev–Trinajstić information content (AvgIpc) is 3.42. The number of anilines is 1. The Hall–Kier alpha value is -2.24. The van der Waals surface area contributed by atoms with Crippen molar-refractivity contribution >= 4 is 46.5 Å². The third kappa shape index (κ3) is 4.54. The van der Waals surface area contributed by atoms with Crippen LogP contribution in [0.4, 0.5) is 5.82 Å². The highest BCUT2D eigenvalue weighted by atomic mass is 35.5. The first-order chi connectivity index (χ1) is 12.9. The molecule has 1 heterocycles. The van der Waals surface area contributed by atoms with Gasteiger partial charge in [-0.3, -0.25) is 14.4 Å². The van der Waals surface area contributed by atoms with E-state index in [-0.39, 0.29) is 41.3 Å². The highest BCUT2D eigenvalue weighted by molar-refractivity contribution is 6.39. The fourth-order valence-electron chi connectivity index (χ4n) is 3.01. The average molecular weight is 405 g/mol. The van der Waals surface area contributed by atoms with E-state index in [1.54, 1.807) is 37.3 Å². The Labute approximate surface area is 167 Å². The van der Waals surface area contributed by atoms with Crippen LogP contribution in [0, 0.1) is 11.8 Å². The van der Waals surface area contributed by atoms with Crippen LogP contribution in [-0.4, -0.2) is 22.5 Å². The van der Waals surface area contributed by atoms with Crippen molar-refractivity contribution in [2.45, 2.75) is 26.2 Å². The molecule has 1 aromatic heterocycles. The maximum Gasteiger partial charge on any atom is 0.229 e. The van der Waals surface area contributed by atoms with Gasteiger partial charge in [-0.05, 0) is 36.2 Å². The third-order valence-electron chi connectivity index (χ3n) is 4.57. The van der Waals surface area contributed by atoms with Crippen molar-refractivity contribution in [3.05, 3.63) is 57.7 Å². The molecule has 1 aromatic carbocycles. The summed E-state index contributed by atoms with van der Waals surface area (Å²) in [5.74, 6) is -0.436. The van der Waals surface area contributed by atoms with Gasteiger partial charge in [0.15, 0.2) is 5.78 Å². The van der Waals surface area contributed by atoms with Gasteiger partial charge in [0.2, 0.25) is 5.91 Å². The molecule has 0 unspecified atom stereocenters. The Morgan fingerprint density at radius 3 is 2.52 bits per heavy atom. The number of carbonyl (C=O) groups excluding carboxylic acids is 3. The fraction of sp³-hybridized carbons (Fsp3) is 0.300. The zero-order chi connectivity index (χ0) is 19.6. The lowest BCUT2D eigenvalue weighted by Gasteiger charge is -2.08. The number of ketones is 2. The summed E-state index contributed by atoms with van der Waals surface area (Å²) < 4.78 is 0. The minimum atomic E-state index is -0.286. The van der Waals surface area contributed by atoms with E-state index in [1.807, 2.05) is 0 Å². The highest BCUT2D eigenvalue weighted by Gasteiger charge is 2.46. The molecule has 140 valence electrons. The number of carbonyl (C=O) groups is 3. The minimum absolute atomic E-state index is 0.0786. The normalized spacial score (nSPS) is 18.0. The van der Waals surface area contributed by atoms with Gasteiger partial charge in [-0.25, -0.2) is 4.98 Å². The maximum atomic E-state index is 12.5. The summed E-state index contributed by atoms with van der Waals surface area (Å²) in [5.41, 5.74) is 0.959. The van der Waals surface area contributed by atoms with Crippen molar-refractivity contribution in [2.75, 3.05) is 5.32 Å². The second-order valence-corrected chi connectivity index (χ2v) is 7.32. The van der Waals surface area contributed by atoms with Gasteiger partial charge in [0.05, 0.1) is 15.6 Å². The predicted molar refractivity (Wildman–Crippen MR) is 104 cm³/mol. The molecule has 1 aliphatic carbocycles. The van der Waals surface area contributed by atoms with Crippen LogP contribution < -0.4 is 5.32 Å². The predicted octanol–water partition coefficient (Wildman–Crippen LogP) is 4.37. The summed E-state index contributed by atoms with van der Waals surface area (Å²) in [7, 11) is 0. The van der Waals surface area contributed by atoms with Crippen molar-refractivity contribution in [3.8, 4) is 0 Å². The SMILES string of the molecule is CCC(=O)[C@@H]1C[C@@H]1C(=O)Nc1cc(CC(=O)c2c(Cl)cccc2Cl)ccn1. The lowest BCUT2D eigenvalue weighted by molar-refractivity contribution is -0.123. The summed E-state index contributed by atoms with van der Waals surface area (Å²) in [6.07, 6.45) is 2.62. The molecule has 2 atom stereocenters. The van der Waals surface area contributed by atoms with Crippen LogP contribution >= 0.6 is 23.2 Å². The number of nitrogens with zero attached hydrogens (tertiary/aromatic N) is 1. The van der Waals surface area contributed by atoms with Gasteiger partial charge in [0.25, 0.3) is 0 Å². The van der Waals surface area contributed by atoms with E-state index in [9.17, 15) is 14.4 Å². The fourth-order valence-corrected chi connectivity index (χ4v) is 3.62. The molecular formula is C20H18Cl2N2O3. The molecule has 1 fully saturated rings. The molecule has 1 amide bonds. The van der Waals surface area contributed by atoms with E-state index in [4.69, 9.17) is 23.2 Å². The molecule has 0 bridgehead atoms. The summed E-state index contributed by atoms with van der Waals surface area (Å²) in [5, 5.41) is 3.33. The number of amides is 1. The molecule has 7 heteroatoms. The zero-order valence-corrected chi connectivity index (χ0v) is 16.2. The van der Waals surface area contributed by atoms with Gasteiger partial charge in [0, 0.05) is 30.9 Å². The Bertz CT molecular complexity index is 894. The van der Waals surface area contributed by atoms with Gasteiger partial charge < -0.3 is 5.32 Å². The largest absolute Gasteiger partial charge is 0.310 e. The van der Waals surface area contributed by atoms with Crippen LogP contribution in [-0.2, 0) is 16.0 Å². The summed E-state index contributed by atoms with van der Waals surface area (Å²) in [6, 6.07) is 8.24. The Morgan fingerprint density at radius 2 is 1.85 bits per heavy atom. The summed E-state index contributed by atoms with van der Waals surface area (Å²) in [6.45, 7) is 1.79. The molecule has 2 aromatic rings. The molecule has 0 aliphatic heterocycles. The topological polar surface area (TPSA) is 76.1 Å². The number of aromatic nitrogens is 1. The van der Waals surface area contributed by atoms with Gasteiger partial charge in [-0.1, -0.05) is 36.2 Å². The third-order valence-corrected chi connectivity index (χ3v) is 5.20. The van der Waals surface area contributed by atoms with Gasteiger partial charge >= 0.3 is 0 Å². The Balaban J connectivity index is 1.67. The number of Topliss-reactive ketones (excluding diaryl/α,β-unsaturated/α-hetero) is 2. The second kappa shape index (κ2) is 8.19. The van der Waals surface area contributed by atoms with Crippen LogP contribution in [0.25, 0.3) is 0 Å². The lowest BCUT2D eigenvalue weighted by atomic mass is 10.0. The molecular weight excluding hydrogens is 387 g/mol. The number of nitrogens with one attached hydrogen (secondary N) is 1.